The van der Waals surface area contributed by atoms with Crippen molar-refractivity contribution in [1.29, 1.82) is 0 Å². The molecule has 0 aliphatic rings. The molecule has 0 unspecified atom stereocenters. The number of halogens is 2. The third-order valence-electron chi connectivity index (χ3n) is 1.69. The van der Waals surface area contributed by atoms with Gasteiger partial charge in [0, 0.05) is 12.7 Å². The van der Waals surface area contributed by atoms with Crippen LogP contribution in [-0.2, 0) is 0 Å². The van der Waals surface area contributed by atoms with Gasteiger partial charge in [0.25, 0.3) is 0 Å². The molecule has 0 fully saturated rings. The van der Waals surface area contributed by atoms with Gasteiger partial charge in [0.1, 0.15) is 0 Å². The van der Waals surface area contributed by atoms with E-state index in [0.717, 1.165) is 25.7 Å². The van der Waals surface area contributed by atoms with Crippen LogP contribution in [0, 0.1) is 3.57 Å². The fourth-order valence-corrected chi connectivity index (χ4v) is 3.05. The summed E-state index contributed by atoms with van der Waals surface area (Å²) in [5.41, 5.74) is 0. The Morgan fingerprint density at radius 1 is 1.38 bits per heavy atom. The number of carbonyl (C=O) groups excluding carboxylic acids is 1. The molecule has 0 N–H and O–H groups in total. The number of carbonyl (C=O) groups is 1. The standard InChI is InChI=1S/C9H4BrIOS/c10-7-2-5-1-6(4-12)13-9(5)3-8(7)11/h1-4H. The van der Waals surface area contributed by atoms with Crippen LogP contribution in [0.5, 0.6) is 0 Å². The van der Waals surface area contributed by atoms with Crippen LogP contribution in [0.2, 0.25) is 0 Å². The largest absolute Gasteiger partial charge is 0.297 e. The van der Waals surface area contributed by atoms with E-state index in [1.165, 1.54) is 14.9 Å². The first kappa shape index (κ1) is 9.61. The van der Waals surface area contributed by atoms with Crippen LogP contribution in [-0.4, -0.2) is 6.29 Å². The van der Waals surface area contributed by atoms with Gasteiger partial charge in [-0.15, -0.1) is 11.3 Å². The highest BCUT2D eigenvalue weighted by atomic mass is 127. The Bertz CT molecular complexity index is 439. The second-order valence-electron chi connectivity index (χ2n) is 2.57. The highest BCUT2D eigenvalue weighted by Gasteiger charge is 2.04. The lowest BCUT2D eigenvalue weighted by molar-refractivity contribution is 0.112. The van der Waals surface area contributed by atoms with Gasteiger partial charge in [-0.2, -0.15) is 0 Å². The number of benzene rings is 1. The molecule has 66 valence electrons. The smallest absolute Gasteiger partial charge is 0.160 e. The van der Waals surface area contributed by atoms with Crippen molar-refractivity contribution >= 4 is 66.2 Å². The monoisotopic (exact) mass is 366 g/mol. The van der Waals surface area contributed by atoms with Crippen molar-refractivity contribution < 1.29 is 4.79 Å². The maximum absolute atomic E-state index is 10.5. The van der Waals surface area contributed by atoms with E-state index in [-0.39, 0.29) is 0 Å². The van der Waals surface area contributed by atoms with E-state index in [1.807, 2.05) is 12.1 Å². The van der Waals surface area contributed by atoms with Crippen LogP contribution < -0.4 is 0 Å². The molecule has 1 aromatic carbocycles. The average Bonchev–Trinajstić information content (AvgIpc) is 2.48. The minimum absolute atomic E-state index is 0.781. The molecule has 0 amide bonds. The summed E-state index contributed by atoms with van der Waals surface area (Å²) in [5.74, 6) is 0. The Balaban J connectivity index is 2.77. The number of fused-ring (bicyclic) bond motifs is 1. The van der Waals surface area contributed by atoms with Crippen molar-refractivity contribution in [3.63, 3.8) is 0 Å². The lowest BCUT2D eigenvalue weighted by atomic mass is 10.2. The molecule has 0 spiro atoms. The van der Waals surface area contributed by atoms with Gasteiger partial charge < -0.3 is 0 Å². The highest BCUT2D eigenvalue weighted by molar-refractivity contribution is 14.1. The molecule has 0 radical (unpaired) electrons. The van der Waals surface area contributed by atoms with E-state index in [2.05, 4.69) is 44.6 Å². The van der Waals surface area contributed by atoms with Crippen LogP contribution in [0.3, 0.4) is 0 Å². The molecule has 0 atom stereocenters. The Morgan fingerprint density at radius 2 is 2.15 bits per heavy atom. The van der Waals surface area contributed by atoms with Gasteiger partial charge in [0.15, 0.2) is 6.29 Å². The Morgan fingerprint density at radius 3 is 2.85 bits per heavy atom. The van der Waals surface area contributed by atoms with Gasteiger partial charge in [0.05, 0.1) is 4.88 Å². The van der Waals surface area contributed by atoms with Crippen molar-refractivity contribution in [2.24, 2.45) is 0 Å². The van der Waals surface area contributed by atoms with Crippen molar-refractivity contribution in [3.8, 4) is 0 Å². The first-order chi connectivity index (χ1) is 6.20. The molecule has 2 rings (SSSR count). The SMILES string of the molecule is O=Cc1cc2cc(Br)c(I)cc2s1. The second-order valence-corrected chi connectivity index (χ2v) is 5.70. The fourth-order valence-electron chi connectivity index (χ4n) is 1.11. The van der Waals surface area contributed by atoms with Crippen molar-refractivity contribution in [1.82, 2.24) is 0 Å². The van der Waals surface area contributed by atoms with E-state index in [4.69, 9.17) is 0 Å². The molecule has 4 heteroatoms. The zero-order chi connectivity index (χ0) is 9.42. The molecular weight excluding hydrogens is 363 g/mol. The van der Waals surface area contributed by atoms with Crippen molar-refractivity contribution in [2.45, 2.75) is 0 Å². The number of thiophene rings is 1. The Hall–Kier alpha value is 0.0600. The van der Waals surface area contributed by atoms with Gasteiger partial charge in [-0.25, -0.2) is 0 Å². The molecule has 0 aliphatic heterocycles. The van der Waals surface area contributed by atoms with Crippen LogP contribution >= 0.6 is 49.9 Å². The molecule has 0 saturated carbocycles. The normalized spacial score (nSPS) is 10.6. The van der Waals surface area contributed by atoms with Gasteiger partial charge >= 0.3 is 0 Å². The van der Waals surface area contributed by atoms with Gasteiger partial charge in [-0.3, -0.25) is 4.79 Å². The molecule has 1 aromatic heterocycles. The predicted molar refractivity (Wildman–Crippen MR) is 67.6 cm³/mol. The molecule has 1 nitrogen and oxygen atoms in total. The van der Waals surface area contributed by atoms with E-state index >= 15 is 0 Å². The zero-order valence-corrected chi connectivity index (χ0v) is 10.9. The maximum atomic E-state index is 10.5. The van der Waals surface area contributed by atoms with Gasteiger partial charge in [-0.1, -0.05) is 0 Å². The summed E-state index contributed by atoms with van der Waals surface area (Å²) in [6.07, 6.45) is 0.894. The summed E-state index contributed by atoms with van der Waals surface area (Å²) < 4.78 is 3.41. The Labute approximate surface area is 101 Å². The molecular formula is C9H4BrIOS. The summed E-state index contributed by atoms with van der Waals surface area (Å²) in [4.78, 5) is 11.3. The summed E-state index contributed by atoms with van der Waals surface area (Å²) in [5, 5.41) is 1.12. The first-order valence-electron chi connectivity index (χ1n) is 3.54. The van der Waals surface area contributed by atoms with E-state index in [9.17, 15) is 4.79 Å². The second kappa shape index (κ2) is 3.67. The topological polar surface area (TPSA) is 17.1 Å². The number of hydrogen-bond donors (Lipinski definition) is 0. The zero-order valence-electron chi connectivity index (χ0n) is 6.38. The molecule has 0 aliphatic carbocycles. The molecule has 2 aromatic rings. The van der Waals surface area contributed by atoms with Crippen LogP contribution in [0.1, 0.15) is 9.67 Å². The quantitative estimate of drug-likeness (QED) is 0.549. The number of hydrogen-bond acceptors (Lipinski definition) is 2. The third kappa shape index (κ3) is 1.80. The molecule has 0 saturated heterocycles. The van der Waals surface area contributed by atoms with E-state index < -0.39 is 0 Å². The van der Waals surface area contributed by atoms with Crippen LogP contribution in [0.15, 0.2) is 22.7 Å². The van der Waals surface area contributed by atoms with E-state index in [1.54, 1.807) is 0 Å². The summed E-state index contributed by atoms with van der Waals surface area (Å²) in [6, 6.07) is 6.03. The maximum Gasteiger partial charge on any atom is 0.160 e. The Kier molecular flexibility index (Phi) is 2.71. The van der Waals surface area contributed by atoms with Gasteiger partial charge in [0.2, 0.25) is 0 Å². The number of rotatable bonds is 1. The lowest BCUT2D eigenvalue weighted by Crippen LogP contribution is -1.71. The lowest BCUT2D eigenvalue weighted by Gasteiger charge is -1.94. The highest BCUT2D eigenvalue weighted by Crippen LogP contribution is 2.30. The minimum Gasteiger partial charge on any atom is -0.297 e. The first-order valence-corrected chi connectivity index (χ1v) is 6.23. The summed E-state index contributed by atoms with van der Waals surface area (Å²) in [7, 11) is 0. The van der Waals surface area contributed by atoms with Crippen LogP contribution in [0.4, 0.5) is 0 Å². The minimum atomic E-state index is 0.781. The summed E-state index contributed by atoms with van der Waals surface area (Å²) in [6.45, 7) is 0. The predicted octanol–water partition coefficient (Wildman–Crippen LogP) is 4.08. The molecule has 0 bridgehead atoms. The third-order valence-corrected chi connectivity index (χ3v) is 5.01. The average molecular weight is 367 g/mol. The molecule has 1 heterocycles. The van der Waals surface area contributed by atoms with Crippen LogP contribution in [0.25, 0.3) is 10.1 Å². The fraction of sp³-hybridized carbons (Fsp3) is 0. The van der Waals surface area contributed by atoms with Gasteiger partial charge in [-0.05, 0) is 62.1 Å². The van der Waals surface area contributed by atoms with E-state index in [0.29, 0.717) is 0 Å². The van der Waals surface area contributed by atoms with Crippen molar-refractivity contribution in [2.75, 3.05) is 0 Å². The molecule has 13 heavy (non-hydrogen) atoms. The van der Waals surface area contributed by atoms with Crippen molar-refractivity contribution in [3.05, 3.63) is 31.1 Å². The number of aldehydes is 1. The summed E-state index contributed by atoms with van der Waals surface area (Å²) >= 11 is 7.25.